The number of nitrogens with one attached hydrogen (secondary N) is 1. The van der Waals surface area contributed by atoms with Gasteiger partial charge in [-0.1, -0.05) is 34.8 Å². The maximum atomic E-state index is 6.19. The van der Waals surface area contributed by atoms with Crippen molar-refractivity contribution in [2.75, 3.05) is 5.32 Å². The van der Waals surface area contributed by atoms with E-state index in [0.29, 0.717) is 21.6 Å². The maximum absolute atomic E-state index is 6.19. The van der Waals surface area contributed by atoms with Crippen molar-refractivity contribution in [3.8, 4) is 0 Å². The monoisotopic (exact) mass is 381 g/mol. The Labute approximate surface area is 135 Å². The summed E-state index contributed by atoms with van der Waals surface area (Å²) >= 11 is 21.7. The SMILES string of the molecule is Cc1nn(C)c(CNc2ccc(Br)c(Cl)c2Cl)c1Cl. The molecule has 0 saturated heterocycles. The van der Waals surface area contributed by atoms with Gasteiger partial charge in [-0.3, -0.25) is 4.68 Å². The van der Waals surface area contributed by atoms with Gasteiger partial charge in [0.05, 0.1) is 38.7 Å². The first kappa shape index (κ1) is 15.0. The molecule has 0 aliphatic rings. The van der Waals surface area contributed by atoms with E-state index in [2.05, 4.69) is 26.3 Å². The molecule has 0 bridgehead atoms. The Bertz CT molecular complexity index is 625. The maximum Gasteiger partial charge on any atom is 0.0865 e. The van der Waals surface area contributed by atoms with Gasteiger partial charge in [0.1, 0.15) is 0 Å². The summed E-state index contributed by atoms with van der Waals surface area (Å²) in [5.41, 5.74) is 2.46. The minimum absolute atomic E-state index is 0.478. The van der Waals surface area contributed by atoms with E-state index < -0.39 is 0 Å². The van der Waals surface area contributed by atoms with Gasteiger partial charge in [0.15, 0.2) is 0 Å². The van der Waals surface area contributed by atoms with E-state index in [0.717, 1.165) is 21.5 Å². The van der Waals surface area contributed by atoms with Crippen LogP contribution in [0.3, 0.4) is 0 Å². The third-order valence-electron chi connectivity index (χ3n) is 2.74. The molecule has 0 unspecified atom stereocenters. The van der Waals surface area contributed by atoms with E-state index in [-0.39, 0.29) is 0 Å². The Kier molecular flexibility index (Phi) is 4.66. The highest BCUT2D eigenvalue weighted by Gasteiger charge is 2.12. The third kappa shape index (κ3) is 3.02. The molecule has 0 fully saturated rings. The number of anilines is 1. The number of rotatable bonds is 3. The summed E-state index contributed by atoms with van der Waals surface area (Å²) in [5.74, 6) is 0. The summed E-state index contributed by atoms with van der Waals surface area (Å²) < 4.78 is 2.51. The highest BCUT2D eigenvalue weighted by molar-refractivity contribution is 9.10. The van der Waals surface area contributed by atoms with E-state index in [4.69, 9.17) is 34.8 Å². The van der Waals surface area contributed by atoms with Crippen molar-refractivity contribution < 1.29 is 0 Å². The quantitative estimate of drug-likeness (QED) is 0.751. The molecule has 0 amide bonds. The zero-order valence-corrected chi connectivity index (χ0v) is 14.1. The van der Waals surface area contributed by atoms with Crippen LogP contribution in [0.5, 0.6) is 0 Å². The molecule has 2 rings (SSSR count). The van der Waals surface area contributed by atoms with Crippen LogP contribution in [-0.2, 0) is 13.6 Å². The van der Waals surface area contributed by atoms with Gasteiger partial charge >= 0.3 is 0 Å². The second kappa shape index (κ2) is 5.92. The van der Waals surface area contributed by atoms with Crippen LogP contribution >= 0.6 is 50.7 Å². The number of aryl methyl sites for hydroxylation is 2. The lowest BCUT2D eigenvalue weighted by Gasteiger charge is -2.11. The van der Waals surface area contributed by atoms with E-state index >= 15 is 0 Å². The summed E-state index contributed by atoms with van der Waals surface area (Å²) in [6.07, 6.45) is 0. The summed E-state index contributed by atoms with van der Waals surface area (Å²) in [6, 6.07) is 3.70. The smallest absolute Gasteiger partial charge is 0.0865 e. The molecule has 0 aliphatic heterocycles. The van der Waals surface area contributed by atoms with Crippen molar-refractivity contribution in [3.63, 3.8) is 0 Å². The first-order valence-electron chi connectivity index (χ1n) is 5.47. The molecule has 1 N–H and O–H groups in total. The molecule has 0 spiro atoms. The Morgan fingerprint density at radius 3 is 2.47 bits per heavy atom. The number of halogens is 4. The first-order chi connectivity index (χ1) is 8.91. The molecule has 0 radical (unpaired) electrons. The summed E-state index contributed by atoms with van der Waals surface area (Å²) in [4.78, 5) is 0. The van der Waals surface area contributed by atoms with Gasteiger partial charge < -0.3 is 5.32 Å². The molecule has 2 aromatic rings. The summed E-state index contributed by atoms with van der Waals surface area (Å²) in [5, 5.41) is 9.09. The molecule has 19 heavy (non-hydrogen) atoms. The molecule has 1 heterocycles. The Morgan fingerprint density at radius 2 is 1.89 bits per heavy atom. The predicted octanol–water partition coefficient (Wildman–Crippen LogP) is 5.06. The number of hydrogen-bond acceptors (Lipinski definition) is 2. The minimum Gasteiger partial charge on any atom is -0.378 e. The van der Waals surface area contributed by atoms with Crippen LogP contribution in [-0.4, -0.2) is 9.78 Å². The van der Waals surface area contributed by atoms with Gasteiger partial charge in [0.2, 0.25) is 0 Å². The van der Waals surface area contributed by atoms with Crippen molar-refractivity contribution in [1.29, 1.82) is 0 Å². The van der Waals surface area contributed by atoms with Crippen molar-refractivity contribution in [2.24, 2.45) is 7.05 Å². The highest BCUT2D eigenvalue weighted by atomic mass is 79.9. The first-order valence-corrected chi connectivity index (χ1v) is 7.40. The average Bonchev–Trinajstić information content (AvgIpc) is 2.61. The van der Waals surface area contributed by atoms with Crippen LogP contribution in [0.25, 0.3) is 0 Å². The average molecular weight is 384 g/mol. The molecule has 7 heteroatoms. The number of aromatic nitrogens is 2. The fourth-order valence-electron chi connectivity index (χ4n) is 1.71. The van der Waals surface area contributed by atoms with Crippen LogP contribution in [0.15, 0.2) is 16.6 Å². The van der Waals surface area contributed by atoms with Crippen molar-refractivity contribution in [3.05, 3.63) is 43.1 Å². The van der Waals surface area contributed by atoms with E-state index in [9.17, 15) is 0 Å². The standard InChI is InChI=1S/C12H11BrCl3N3/c1-6-10(14)9(19(2)18-6)5-17-8-4-3-7(13)11(15)12(8)16/h3-4,17H,5H2,1-2H3. The van der Waals surface area contributed by atoms with Gasteiger partial charge in [-0.05, 0) is 35.0 Å². The zero-order valence-electron chi connectivity index (χ0n) is 10.3. The Morgan fingerprint density at radius 1 is 1.21 bits per heavy atom. The van der Waals surface area contributed by atoms with Crippen LogP contribution < -0.4 is 5.32 Å². The molecule has 0 saturated carbocycles. The van der Waals surface area contributed by atoms with E-state index in [1.165, 1.54) is 0 Å². The summed E-state index contributed by atoms with van der Waals surface area (Å²) in [7, 11) is 1.85. The molecular weight excluding hydrogens is 372 g/mol. The molecule has 3 nitrogen and oxygen atoms in total. The highest BCUT2D eigenvalue weighted by Crippen LogP contribution is 2.36. The van der Waals surface area contributed by atoms with Gasteiger partial charge in [0.25, 0.3) is 0 Å². The van der Waals surface area contributed by atoms with Gasteiger partial charge in [-0.15, -0.1) is 0 Å². The summed E-state index contributed by atoms with van der Waals surface area (Å²) in [6.45, 7) is 2.39. The predicted molar refractivity (Wildman–Crippen MR) is 84.4 cm³/mol. The Hall–Kier alpha value is -0.420. The lowest BCUT2D eigenvalue weighted by Crippen LogP contribution is -2.06. The molecule has 1 aromatic carbocycles. The lowest BCUT2D eigenvalue weighted by molar-refractivity contribution is 0.713. The molecule has 0 aliphatic carbocycles. The second-order valence-electron chi connectivity index (χ2n) is 4.05. The number of nitrogens with zero attached hydrogens (tertiary/aromatic N) is 2. The number of benzene rings is 1. The normalized spacial score (nSPS) is 10.8. The van der Waals surface area contributed by atoms with E-state index in [1.54, 1.807) is 4.68 Å². The second-order valence-corrected chi connectivity index (χ2v) is 6.03. The minimum atomic E-state index is 0.478. The molecule has 0 atom stereocenters. The fourth-order valence-corrected chi connectivity index (χ4v) is 2.78. The fraction of sp³-hybridized carbons (Fsp3) is 0.250. The largest absolute Gasteiger partial charge is 0.378 e. The molecular formula is C12H11BrCl3N3. The number of hydrogen-bond donors (Lipinski definition) is 1. The van der Waals surface area contributed by atoms with Gasteiger partial charge in [-0.2, -0.15) is 5.10 Å². The van der Waals surface area contributed by atoms with Crippen LogP contribution in [0.1, 0.15) is 11.4 Å². The molecule has 1 aromatic heterocycles. The lowest BCUT2D eigenvalue weighted by atomic mass is 10.3. The van der Waals surface area contributed by atoms with Crippen LogP contribution in [0.4, 0.5) is 5.69 Å². The van der Waals surface area contributed by atoms with Gasteiger partial charge in [0, 0.05) is 11.5 Å². The van der Waals surface area contributed by atoms with Crippen LogP contribution in [0, 0.1) is 6.92 Å². The topological polar surface area (TPSA) is 29.9 Å². The van der Waals surface area contributed by atoms with Crippen molar-refractivity contribution in [2.45, 2.75) is 13.5 Å². The van der Waals surface area contributed by atoms with E-state index in [1.807, 2.05) is 26.1 Å². The van der Waals surface area contributed by atoms with Crippen LogP contribution in [0.2, 0.25) is 15.1 Å². The molecule has 102 valence electrons. The Balaban J connectivity index is 2.22. The zero-order chi connectivity index (χ0) is 14.2. The van der Waals surface area contributed by atoms with Crippen molar-refractivity contribution >= 4 is 56.4 Å². The van der Waals surface area contributed by atoms with Crippen molar-refractivity contribution in [1.82, 2.24) is 9.78 Å². The van der Waals surface area contributed by atoms with Gasteiger partial charge in [-0.25, -0.2) is 0 Å². The third-order valence-corrected chi connectivity index (χ3v) is 5.01.